The lowest BCUT2D eigenvalue weighted by molar-refractivity contribution is 0.268. The van der Waals surface area contributed by atoms with E-state index in [1.54, 1.807) is 0 Å². The van der Waals surface area contributed by atoms with Crippen molar-refractivity contribution in [1.82, 2.24) is 15.5 Å². The number of nitrogens with zero attached hydrogens (tertiary/aromatic N) is 2. The molecule has 0 aliphatic heterocycles. The van der Waals surface area contributed by atoms with E-state index < -0.39 is 0 Å². The quantitative estimate of drug-likeness (QED) is 0.904. The molecule has 0 bridgehead atoms. The van der Waals surface area contributed by atoms with Crippen LogP contribution in [-0.2, 0) is 6.54 Å². The summed E-state index contributed by atoms with van der Waals surface area (Å²) < 4.78 is 4.80. The summed E-state index contributed by atoms with van der Waals surface area (Å²) in [5.41, 5.74) is 1.36. The van der Waals surface area contributed by atoms with E-state index in [0.29, 0.717) is 18.5 Å². The van der Waals surface area contributed by atoms with E-state index in [-0.39, 0.29) is 0 Å². The van der Waals surface area contributed by atoms with Gasteiger partial charge in [0.1, 0.15) is 0 Å². The Balaban J connectivity index is 1.72. The number of hydrogen-bond acceptors (Lipinski definition) is 4. The summed E-state index contributed by atoms with van der Waals surface area (Å²) >= 11 is 0. The molecule has 1 aromatic carbocycles. The standard InChI is InChI=1S/C16H21N3O/c1-3-7-13(8-4-1)16(14-9-5-2-6-10-14)17-11-15-18-12-20-19-15/h1,3-4,7-8,12,14,16-17H,2,5-6,9-11H2. The van der Waals surface area contributed by atoms with E-state index in [9.17, 15) is 0 Å². The van der Waals surface area contributed by atoms with Crippen molar-refractivity contribution in [3.8, 4) is 0 Å². The summed E-state index contributed by atoms with van der Waals surface area (Å²) in [5, 5.41) is 7.50. The van der Waals surface area contributed by atoms with Gasteiger partial charge in [-0.1, -0.05) is 54.8 Å². The summed E-state index contributed by atoms with van der Waals surface area (Å²) in [5.74, 6) is 1.43. The first-order valence-electron chi connectivity index (χ1n) is 7.47. The average Bonchev–Trinajstić information content (AvgIpc) is 3.03. The van der Waals surface area contributed by atoms with Crippen LogP contribution in [0.2, 0.25) is 0 Å². The number of nitrogens with one attached hydrogen (secondary N) is 1. The van der Waals surface area contributed by atoms with Gasteiger partial charge in [0.15, 0.2) is 5.82 Å². The Morgan fingerprint density at radius 1 is 1.15 bits per heavy atom. The molecular weight excluding hydrogens is 250 g/mol. The fraction of sp³-hybridized carbons (Fsp3) is 0.500. The van der Waals surface area contributed by atoms with Gasteiger partial charge in [-0.25, -0.2) is 0 Å². The minimum atomic E-state index is 0.384. The molecule has 0 saturated heterocycles. The van der Waals surface area contributed by atoms with E-state index in [4.69, 9.17) is 4.52 Å². The molecule has 2 aromatic rings. The van der Waals surface area contributed by atoms with Crippen molar-refractivity contribution in [2.45, 2.75) is 44.7 Å². The molecule has 1 aliphatic carbocycles. The van der Waals surface area contributed by atoms with Crippen molar-refractivity contribution < 1.29 is 4.52 Å². The Labute approximate surface area is 119 Å². The lowest BCUT2D eigenvalue weighted by Gasteiger charge is -2.31. The zero-order chi connectivity index (χ0) is 13.6. The van der Waals surface area contributed by atoms with Gasteiger partial charge in [-0.2, -0.15) is 4.98 Å². The largest absolute Gasteiger partial charge is 0.343 e. The lowest BCUT2D eigenvalue weighted by atomic mass is 9.81. The number of benzene rings is 1. The van der Waals surface area contributed by atoms with Gasteiger partial charge in [-0.15, -0.1) is 0 Å². The van der Waals surface area contributed by atoms with Crippen molar-refractivity contribution in [3.05, 3.63) is 48.1 Å². The summed E-state index contributed by atoms with van der Waals surface area (Å²) in [4.78, 5) is 4.09. The Kier molecular flexibility index (Phi) is 4.43. The van der Waals surface area contributed by atoms with Gasteiger partial charge < -0.3 is 9.84 Å². The molecule has 1 fully saturated rings. The normalized spacial score (nSPS) is 18.0. The van der Waals surface area contributed by atoms with Crippen LogP contribution in [0.3, 0.4) is 0 Å². The second-order valence-electron chi connectivity index (χ2n) is 5.51. The van der Waals surface area contributed by atoms with Gasteiger partial charge in [-0.05, 0) is 24.3 Å². The molecular formula is C16H21N3O. The smallest absolute Gasteiger partial charge is 0.213 e. The summed E-state index contributed by atoms with van der Waals surface area (Å²) in [6, 6.07) is 11.1. The fourth-order valence-corrected chi connectivity index (χ4v) is 3.16. The minimum Gasteiger partial charge on any atom is -0.343 e. The van der Waals surface area contributed by atoms with Gasteiger partial charge >= 0.3 is 0 Å². The van der Waals surface area contributed by atoms with Crippen molar-refractivity contribution in [2.24, 2.45) is 5.92 Å². The molecule has 1 N–H and O–H groups in total. The topological polar surface area (TPSA) is 51.0 Å². The maximum atomic E-state index is 4.80. The second kappa shape index (κ2) is 6.66. The van der Waals surface area contributed by atoms with Crippen molar-refractivity contribution in [2.75, 3.05) is 0 Å². The van der Waals surface area contributed by atoms with Gasteiger partial charge in [0.05, 0.1) is 6.54 Å². The highest BCUT2D eigenvalue weighted by Crippen LogP contribution is 2.34. The molecule has 1 atom stereocenters. The zero-order valence-electron chi connectivity index (χ0n) is 11.7. The highest BCUT2D eigenvalue weighted by atomic mass is 16.5. The first-order valence-corrected chi connectivity index (χ1v) is 7.47. The van der Waals surface area contributed by atoms with E-state index in [1.165, 1.54) is 44.1 Å². The van der Waals surface area contributed by atoms with Crippen LogP contribution in [0.4, 0.5) is 0 Å². The van der Waals surface area contributed by atoms with Crippen molar-refractivity contribution >= 4 is 0 Å². The molecule has 0 radical (unpaired) electrons. The summed E-state index contributed by atoms with van der Waals surface area (Å²) in [6.45, 7) is 0.659. The molecule has 20 heavy (non-hydrogen) atoms. The van der Waals surface area contributed by atoms with Crippen LogP contribution in [0.1, 0.15) is 49.5 Å². The van der Waals surface area contributed by atoms with Crippen LogP contribution >= 0.6 is 0 Å². The summed E-state index contributed by atoms with van der Waals surface area (Å²) in [6.07, 6.45) is 8.06. The number of hydrogen-bond donors (Lipinski definition) is 1. The average molecular weight is 271 g/mol. The molecule has 3 rings (SSSR count). The number of rotatable bonds is 5. The van der Waals surface area contributed by atoms with Crippen LogP contribution in [0.5, 0.6) is 0 Å². The molecule has 1 aliphatic rings. The van der Waals surface area contributed by atoms with Crippen molar-refractivity contribution in [3.63, 3.8) is 0 Å². The third-order valence-electron chi connectivity index (χ3n) is 4.17. The lowest BCUT2D eigenvalue weighted by Crippen LogP contribution is -2.29. The predicted molar refractivity (Wildman–Crippen MR) is 76.9 cm³/mol. The van der Waals surface area contributed by atoms with Crippen LogP contribution in [-0.4, -0.2) is 10.1 Å². The molecule has 1 heterocycles. The monoisotopic (exact) mass is 271 g/mol. The third-order valence-corrected chi connectivity index (χ3v) is 4.17. The van der Waals surface area contributed by atoms with E-state index in [1.807, 2.05) is 0 Å². The van der Waals surface area contributed by atoms with Gasteiger partial charge in [0, 0.05) is 6.04 Å². The molecule has 4 nitrogen and oxygen atoms in total. The van der Waals surface area contributed by atoms with Crippen molar-refractivity contribution in [1.29, 1.82) is 0 Å². The van der Waals surface area contributed by atoms with Crippen LogP contribution in [0.15, 0.2) is 41.2 Å². The molecule has 0 spiro atoms. The van der Waals surface area contributed by atoms with Crippen LogP contribution in [0, 0.1) is 5.92 Å². The molecule has 106 valence electrons. The first kappa shape index (κ1) is 13.3. The van der Waals surface area contributed by atoms with Gasteiger partial charge in [0.2, 0.25) is 6.39 Å². The molecule has 1 saturated carbocycles. The second-order valence-corrected chi connectivity index (χ2v) is 5.51. The van der Waals surface area contributed by atoms with E-state index in [0.717, 1.165) is 5.82 Å². The summed E-state index contributed by atoms with van der Waals surface area (Å²) in [7, 11) is 0. The Bertz CT molecular complexity index is 492. The van der Waals surface area contributed by atoms with Gasteiger partial charge in [-0.3, -0.25) is 0 Å². The first-order chi connectivity index (χ1) is 9.93. The molecule has 1 unspecified atom stereocenters. The predicted octanol–water partition coefficient (Wildman–Crippen LogP) is 3.48. The third kappa shape index (κ3) is 3.25. The Morgan fingerprint density at radius 2 is 1.95 bits per heavy atom. The van der Waals surface area contributed by atoms with Crippen LogP contribution < -0.4 is 5.32 Å². The maximum Gasteiger partial charge on any atom is 0.213 e. The molecule has 4 heteroatoms. The van der Waals surface area contributed by atoms with Crippen LogP contribution in [0.25, 0.3) is 0 Å². The molecule has 1 aromatic heterocycles. The highest BCUT2D eigenvalue weighted by Gasteiger charge is 2.24. The fourth-order valence-electron chi connectivity index (χ4n) is 3.16. The number of aromatic nitrogens is 2. The Morgan fingerprint density at radius 3 is 2.65 bits per heavy atom. The van der Waals surface area contributed by atoms with E-state index in [2.05, 4.69) is 45.8 Å². The highest BCUT2D eigenvalue weighted by molar-refractivity contribution is 5.20. The Hall–Kier alpha value is -1.68. The maximum absolute atomic E-state index is 4.80. The molecule has 0 amide bonds. The zero-order valence-corrected chi connectivity index (χ0v) is 11.7. The SMILES string of the molecule is c1ccc(C(NCc2ncon2)C2CCCCC2)cc1. The minimum absolute atomic E-state index is 0.384. The van der Waals surface area contributed by atoms with Gasteiger partial charge in [0.25, 0.3) is 0 Å². The van der Waals surface area contributed by atoms with E-state index >= 15 is 0 Å².